The van der Waals surface area contributed by atoms with E-state index in [-0.39, 0.29) is 12.1 Å². The van der Waals surface area contributed by atoms with E-state index in [9.17, 15) is 8.42 Å². The van der Waals surface area contributed by atoms with Gasteiger partial charge in [0.25, 0.3) is 0 Å². The summed E-state index contributed by atoms with van der Waals surface area (Å²) in [6, 6.07) is 4.89. The summed E-state index contributed by atoms with van der Waals surface area (Å²) >= 11 is 1.44. The SMILES string of the molecule is CO[C@H]1C[C@@H]2CNC[C@@H]2C[C@@H]1NS(=O)(=O)c1ccc2ncsc2c1. The topological polar surface area (TPSA) is 80.3 Å². The Balaban J connectivity index is 1.57. The molecule has 6 nitrogen and oxygen atoms in total. The summed E-state index contributed by atoms with van der Waals surface area (Å²) in [6.45, 7) is 1.97. The van der Waals surface area contributed by atoms with Crippen molar-refractivity contribution >= 4 is 31.6 Å². The predicted molar refractivity (Wildman–Crippen MR) is 93.6 cm³/mol. The Kier molecular flexibility index (Phi) is 4.34. The molecule has 0 amide bonds. The number of fused-ring (bicyclic) bond motifs is 2. The summed E-state index contributed by atoms with van der Waals surface area (Å²) in [4.78, 5) is 4.49. The molecule has 1 saturated heterocycles. The Morgan fingerprint density at radius 1 is 1.29 bits per heavy atom. The highest BCUT2D eigenvalue weighted by atomic mass is 32.2. The van der Waals surface area contributed by atoms with E-state index in [1.807, 2.05) is 0 Å². The van der Waals surface area contributed by atoms with Gasteiger partial charge in [-0.2, -0.15) is 0 Å². The molecule has 2 heterocycles. The van der Waals surface area contributed by atoms with Crippen LogP contribution >= 0.6 is 11.3 Å². The van der Waals surface area contributed by atoms with Crippen molar-refractivity contribution in [2.75, 3.05) is 20.2 Å². The lowest BCUT2D eigenvalue weighted by Gasteiger charge is -2.37. The molecule has 130 valence electrons. The minimum atomic E-state index is -3.57. The Hall–Kier alpha value is -1.06. The number of benzene rings is 1. The van der Waals surface area contributed by atoms with Gasteiger partial charge < -0.3 is 10.1 Å². The van der Waals surface area contributed by atoms with Gasteiger partial charge in [0.2, 0.25) is 10.0 Å². The van der Waals surface area contributed by atoms with Gasteiger partial charge in [0, 0.05) is 13.2 Å². The average Bonchev–Trinajstić information content (AvgIpc) is 3.21. The maximum Gasteiger partial charge on any atom is 0.240 e. The highest BCUT2D eigenvalue weighted by Crippen LogP contribution is 2.35. The molecule has 4 atom stereocenters. The molecule has 2 fully saturated rings. The molecule has 1 aromatic heterocycles. The molecule has 8 heteroatoms. The van der Waals surface area contributed by atoms with Gasteiger partial charge in [0.05, 0.1) is 26.7 Å². The van der Waals surface area contributed by atoms with E-state index in [1.165, 1.54) is 11.3 Å². The Labute approximate surface area is 145 Å². The third-order valence-corrected chi connectivity index (χ3v) is 7.52. The van der Waals surface area contributed by atoms with Crippen LogP contribution in [0.1, 0.15) is 12.8 Å². The lowest BCUT2D eigenvalue weighted by atomic mass is 9.78. The van der Waals surface area contributed by atoms with Crippen LogP contribution < -0.4 is 10.0 Å². The molecule has 0 spiro atoms. The zero-order valence-corrected chi connectivity index (χ0v) is 15.1. The van der Waals surface area contributed by atoms with Crippen molar-refractivity contribution in [2.24, 2.45) is 11.8 Å². The maximum absolute atomic E-state index is 12.8. The van der Waals surface area contributed by atoms with Gasteiger partial charge in [-0.1, -0.05) is 0 Å². The summed E-state index contributed by atoms with van der Waals surface area (Å²) in [7, 11) is -1.91. The number of rotatable bonds is 4. The number of nitrogens with one attached hydrogen (secondary N) is 2. The van der Waals surface area contributed by atoms with E-state index in [0.717, 1.165) is 36.1 Å². The minimum Gasteiger partial charge on any atom is -0.380 e. The van der Waals surface area contributed by atoms with Gasteiger partial charge in [-0.25, -0.2) is 18.1 Å². The molecule has 24 heavy (non-hydrogen) atoms. The lowest BCUT2D eigenvalue weighted by molar-refractivity contribution is 0.0194. The first-order chi connectivity index (χ1) is 11.6. The minimum absolute atomic E-state index is 0.0759. The summed E-state index contributed by atoms with van der Waals surface area (Å²) in [5.74, 6) is 1.11. The van der Waals surface area contributed by atoms with Crippen molar-refractivity contribution < 1.29 is 13.2 Å². The first-order valence-corrected chi connectivity index (χ1v) is 10.5. The fourth-order valence-electron chi connectivity index (χ4n) is 3.93. The fourth-order valence-corrected chi connectivity index (χ4v) is 6.03. The summed E-state index contributed by atoms with van der Waals surface area (Å²) in [6.07, 6.45) is 1.64. The number of thiazole rings is 1. The molecule has 2 aromatic rings. The van der Waals surface area contributed by atoms with Crippen molar-refractivity contribution in [3.63, 3.8) is 0 Å². The van der Waals surface area contributed by atoms with Crippen molar-refractivity contribution in [2.45, 2.75) is 29.9 Å². The Morgan fingerprint density at radius 2 is 2.08 bits per heavy atom. The van der Waals surface area contributed by atoms with E-state index in [0.29, 0.717) is 16.7 Å². The van der Waals surface area contributed by atoms with Gasteiger partial charge in [-0.05, 0) is 56.0 Å². The highest BCUT2D eigenvalue weighted by molar-refractivity contribution is 7.89. The predicted octanol–water partition coefficient (Wildman–Crippen LogP) is 1.59. The number of hydrogen-bond donors (Lipinski definition) is 2. The number of sulfonamides is 1. The van der Waals surface area contributed by atoms with Crippen LogP contribution in [-0.4, -0.2) is 45.7 Å². The van der Waals surface area contributed by atoms with Gasteiger partial charge in [-0.3, -0.25) is 0 Å². The van der Waals surface area contributed by atoms with Crippen molar-refractivity contribution in [1.29, 1.82) is 0 Å². The second-order valence-electron chi connectivity index (χ2n) is 6.63. The second kappa shape index (κ2) is 6.34. The molecule has 2 N–H and O–H groups in total. The Morgan fingerprint density at radius 3 is 2.88 bits per heavy atom. The van der Waals surface area contributed by atoms with Gasteiger partial charge in [0.1, 0.15) is 0 Å². The molecular weight excluding hydrogens is 346 g/mol. The third-order valence-electron chi connectivity index (χ3n) is 5.24. The molecule has 0 bridgehead atoms. The van der Waals surface area contributed by atoms with Crippen LogP contribution in [-0.2, 0) is 14.8 Å². The molecule has 0 unspecified atom stereocenters. The zero-order chi connectivity index (χ0) is 16.7. The monoisotopic (exact) mass is 367 g/mol. The second-order valence-corrected chi connectivity index (χ2v) is 9.23. The lowest BCUT2D eigenvalue weighted by Crippen LogP contribution is -2.50. The molecule has 0 radical (unpaired) electrons. The van der Waals surface area contributed by atoms with Crippen LogP contribution in [0.3, 0.4) is 0 Å². The maximum atomic E-state index is 12.8. The third kappa shape index (κ3) is 2.97. The molecule has 1 aliphatic carbocycles. The van der Waals surface area contributed by atoms with Crippen molar-refractivity contribution in [1.82, 2.24) is 15.0 Å². The van der Waals surface area contributed by atoms with Gasteiger partial charge in [0.15, 0.2) is 0 Å². The van der Waals surface area contributed by atoms with Crippen LogP contribution in [0, 0.1) is 11.8 Å². The zero-order valence-electron chi connectivity index (χ0n) is 13.4. The van der Waals surface area contributed by atoms with E-state index >= 15 is 0 Å². The van der Waals surface area contributed by atoms with Crippen LogP contribution in [0.15, 0.2) is 28.6 Å². The number of methoxy groups -OCH3 is 1. The smallest absolute Gasteiger partial charge is 0.240 e. The van der Waals surface area contributed by atoms with Gasteiger partial charge >= 0.3 is 0 Å². The van der Waals surface area contributed by atoms with Gasteiger partial charge in [-0.15, -0.1) is 11.3 Å². The fraction of sp³-hybridized carbons (Fsp3) is 0.562. The summed E-state index contributed by atoms with van der Waals surface area (Å²) in [5, 5.41) is 3.40. The standard InChI is InChI=1S/C16H21N3O3S2/c1-22-15-5-11-8-17-7-10(11)4-14(15)19-24(20,21)12-2-3-13-16(6-12)23-9-18-13/h2-3,6,9-11,14-15,17,19H,4-5,7-8H2,1H3/t10-,11+,14-,15-/m0/s1. The molecule has 1 saturated carbocycles. The van der Waals surface area contributed by atoms with Crippen molar-refractivity contribution in [3.8, 4) is 0 Å². The van der Waals surface area contributed by atoms with E-state index in [1.54, 1.807) is 30.8 Å². The number of hydrogen-bond acceptors (Lipinski definition) is 6. The molecule has 1 aromatic carbocycles. The van der Waals surface area contributed by atoms with Crippen LogP contribution in [0.4, 0.5) is 0 Å². The number of nitrogens with zero attached hydrogens (tertiary/aromatic N) is 1. The quantitative estimate of drug-likeness (QED) is 0.858. The molecule has 1 aliphatic heterocycles. The van der Waals surface area contributed by atoms with Crippen LogP contribution in [0.5, 0.6) is 0 Å². The number of ether oxygens (including phenoxy) is 1. The summed E-state index contributed by atoms with van der Waals surface area (Å²) in [5.41, 5.74) is 2.55. The normalized spacial score (nSPS) is 30.5. The van der Waals surface area contributed by atoms with E-state index in [4.69, 9.17) is 4.74 Å². The molecule has 4 rings (SSSR count). The number of aromatic nitrogens is 1. The Bertz CT molecular complexity index is 836. The average molecular weight is 367 g/mol. The van der Waals surface area contributed by atoms with Crippen LogP contribution in [0.2, 0.25) is 0 Å². The summed E-state index contributed by atoms with van der Waals surface area (Å²) < 4.78 is 35.0. The highest BCUT2D eigenvalue weighted by Gasteiger charge is 2.41. The van der Waals surface area contributed by atoms with Crippen LogP contribution in [0.25, 0.3) is 10.2 Å². The van der Waals surface area contributed by atoms with E-state index in [2.05, 4.69) is 15.0 Å². The largest absolute Gasteiger partial charge is 0.380 e. The molecular formula is C16H21N3O3S2. The van der Waals surface area contributed by atoms with Crippen molar-refractivity contribution in [3.05, 3.63) is 23.7 Å². The first-order valence-electron chi connectivity index (χ1n) is 8.16. The molecule has 2 aliphatic rings. The van der Waals surface area contributed by atoms with E-state index < -0.39 is 10.0 Å². The first kappa shape index (κ1) is 16.4.